The van der Waals surface area contributed by atoms with Crippen molar-refractivity contribution in [3.63, 3.8) is 0 Å². The zero-order chi connectivity index (χ0) is 26.0. The Balaban J connectivity index is 1.37. The molecule has 0 saturated heterocycles. The number of carboxylic acid groups (broad SMARTS) is 1. The van der Waals surface area contributed by atoms with Crippen molar-refractivity contribution in [2.45, 2.75) is 115 Å². The van der Waals surface area contributed by atoms with Crippen LogP contribution < -0.4 is 0 Å². The minimum absolute atomic E-state index is 0.0599. The normalized spacial score (nSPS) is 15.4. The van der Waals surface area contributed by atoms with Crippen molar-refractivity contribution in [3.05, 3.63) is 29.6 Å². The molecule has 0 fully saturated rings. The Bertz CT molecular complexity index is 1140. The Morgan fingerprint density at radius 3 is 1.92 bits per heavy atom. The third-order valence-corrected chi connectivity index (χ3v) is 8.08. The molecule has 2 N–H and O–H groups in total. The van der Waals surface area contributed by atoms with E-state index < -0.39 is 21.3 Å². The van der Waals surface area contributed by atoms with Crippen molar-refractivity contribution in [2.24, 2.45) is 5.10 Å². The fraction of sp³-hybridized carbons (Fsp3) is 0.667. The highest BCUT2D eigenvalue weighted by molar-refractivity contribution is 7.86. The van der Waals surface area contributed by atoms with Gasteiger partial charge in [0.05, 0.1) is 22.3 Å². The number of unbranched alkanes of at least 4 members (excludes halogenated alkanes) is 14. The lowest BCUT2D eigenvalue weighted by atomic mass is 10.0. The van der Waals surface area contributed by atoms with Crippen LogP contribution in [0, 0.1) is 0 Å². The SMILES string of the molecule is CCCCCCCCCCCCCCCCCC1=Nn2c(nc3cc(C(=O)O)ccc32)[C@@H]1S(=O)(=O)O. The summed E-state index contributed by atoms with van der Waals surface area (Å²) in [6.45, 7) is 2.25. The average Bonchev–Trinajstić information content (AvgIpc) is 3.36. The van der Waals surface area contributed by atoms with Gasteiger partial charge in [-0.05, 0) is 31.0 Å². The number of carbonyl (C=O) groups is 1. The number of carboxylic acids is 1. The van der Waals surface area contributed by atoms with Crippen LogP contribution in [-0.2, 0) is 10.1 Å². The molecule has 9 heteroatoms. The predicted molar refractivity (Wildman–Crippen MR) is 143 cm³/mol. The van der Waals surface area contributed by atoms with E-state index in [2.05, 4.69) is 17.0 Å². The highest BCUT2D eigenvalue weighted by atomic mass is 32.2. The first-order valence-electron chi connectivity index (χ1n) is 13.6. The molecular weight excluding hydrogens is 478 g/mol. The summed E-state index contributed by atoms with van der Waals surface area (Å²) in [5.41, 5.74) is 1.31. The maximum atomic E-state index is 12.1. The molecule has 0 spiro atoms. The monoisotopic (exact) mass is 519 g/mol. The maximum absolute atomic E-state index is 12.1. The molecule has 1 aromatic carbocycles. The smallest absolute Gasteiger partial charge is 0.335 e. The summed E-state index contributed by atoms with van der Waals surface area (Å²) < 4.78 is 35.6. The van der Waals surface area contributed by atoms with E-state index in [0.29, 0.717) is 23.2 Å². The van der Waals surface area contributed by atoms with Crippen LogP contribution in [0.5, 0.6) is 0 Å². The van der Waals surface area contributed by atoms with Crippen LogP contribution in [0.2, 0.25) is 0 Å². The number of fused-ring (bicyclic) bond motifs is 3. The molecule has 2 heterocycles. The molecule has 0 bridgehead atoms. The van der Waals surface area contributed by atoms with Crippen LogP contribution >= 0.6 is 0 Å². The molecule has 36 heavy (non-hydrogen) atoms. The van der Waals surface area contributed by atoms with Gasteiger partial charge in [0, 0.05) is 0 Å². The van der Waals surface area contributed by atoms with Crippen molar-refractivity contribution in [1.29, 1.82) is 0 Å². The molecule has 1 aromatic heterocycles. The Hall–Kier alpha value is -2.26. The van der Waals surface area contributed by atoms with Crippen LogP contribution in [0.15, 0.2) is 23.3 Å². The summed E-state index contributed by atoms with van der Waals surface area (Å²) in [5.74, 6) is -0.972. The van der Waals surface area contributed by atoms with Crippen molar-refractivity contribution in [1.82, 2.24) is 9.66 Å². The van der Waals surface area contributed by atoms with Gasteiger partial charge in [-0.25, -0.2) is 14.5 Å². The number of aromatic nitrogens is 2. The lowest BCUT2D eigenvalue weighted by molar-refractivity contribution is 0.0697. The second-order valence-corrected chi connectivity index (χ2v) is 11.5. The first kappa shape index (κ1) is 28.3. The van der Waals surface area contributed by atoms with Gasteiger partial charge in [0.25, 0.3) is 10.1 Å². The third kappa shape index (κ3) is 7.87. The topological polar surface area (TPSA) is 122 Å². The van der Waals surface area contributed by atoms with Crippen LogP contribution in [0.25, 0.3) is 11.0 Å². The Labute approximate surface area is 214 Å². The maximum Gasteiger partial charge on any atom is 0.335 e. The number of imidazole rings is 1. The lowest BCUT2D eigenvalue weighted by Crippen LogP contribution is -2.19. The summed E-state index contributed by atoms with van der Waals surface area (Å²) in [4.78, 5) is 15.5. The standard InChI is InChI=1S/C27H41N3O5S/c1-2-3-4-5-6-7-8-9-10-11-12-13-14-15-16-17-22-25(36(33,34)35)26-28-23-20-21(27(31)32)18-19-24(23)30(26)29-22/h18-20,25H,2-17H2,1H3,(H,31,32)(H,33,34,35)/t25-/m1/s1. The van der Waals surface area contributed by atoms with E-state index in [-0.39, 0.29) is 11.4 Å². The van der Waals surface area contributed by atoms with E-state index in [9.17, 15) is 22.9 Å². The Kier molecular flexibility index (Phi) is 10.9. The molecule has 8 nitrogen and oxygen atoms in total. The Morgan fingerprint density at radius 2 is 1.42 bits per heavy atom. The van der Waals surface area contributed by atoms with Crippen molar-refractivity contribution in [2.75, 3.05) is 0 Å². The molecule has 0 unspecified atom stereocenters. The van der Waals surface area contributed by atoms with Crippen molar-refractivity contribution in [3.8, 4) is 0 Å². The highest BCUT2D eigenvalue weighted by Crippen LogP contribution is 2.34. The highest BCUT2D eigenvalue weighted by Gasteiger charge is 2.39. The van der Waals surface area contributed by atoms with Crippen LogP contribution in [0.1, 0.15) is 131 Å². The molecule has 3 rings (SSSR count). The summed E-state index contributed by atoms with van der Waals surface area (Å²) in [6.07, 6.45) is 19.3. The summed E-state index contributed by atoms with van der Waals surface area (Å²) in [6, 6.07) is 4.38. The van der Waals surface area contributed by atoms with E-state index >= 15 is 0 Å². The molecule has 0 amide bonds. The third-order valence-electron chi connectivity index (χ3n) is 7.00. The van der Waals surface area contributed by atoms with Gasteiger partial charge in [-0.2, -0.15) is 13.5 Å². The number of hydrogen-bond donors (Lipinski definition) is 2. The lowest BCUT2D eigenvalue weighted by Gasteiger charge is -2.09. The van der Waals surface area contributed by atoms with Gasteiger partial charge in [-0.1, -0.05) is 96.8 Å². The number of aromatic carboxylic acids is 1. The summed E-state index contributed by atoms with van der Waals surface area (Å²) in [5, 5.41) is 12.3. The van der Waals surface area contributed by atoms with Crippen LogP contribution in [-0.4, -0.2) is 39.4 Å². The number of nitrogens with zero attached hydrogens (tertiary/aromatic N) is 3. The first-order chi connectivity index (χ1) is 17.3. The van der Waals surface area contributed by atoms with Gasteiger partial charge in [0.15, 0.2) is 11.1 Å². The molecule has 1 aliphatic heterocycles. The van der Waals surface area contributed by atoms with Gasteiger partial charge in [-0.3, -0.25) is 4.55 Å². The zero-order valence-electron chi connectivity index (χ0n) is 21.5. The average molecular weight is 520 g/mol. The predicted octanol–water partition coefficient (Wildman–Crippen LogP) is 7.14. The fourth-order valence-electron chi connectivity index (χ4n) is 4.99. The van der Waals surface area contributed by atoms with Crippen molar-refractivity contribution < 1.29 is 22.9 Å². The number of hydrogen-bond acceptors (Lipinski definition) is 5. The fourth-order valence-corrected chi connectivity index (χ4v) is 5.92. The van der Waals surface area contributed by atoms with Gasteiger partial charge in [0.2, 0.25) is 0 Å². The van der Waals surface area contributed by atoms with E-state index in [1.165, 1.54) is 93.9 Å². The molecule has 0 aliphatic carbocycles. The summed E-state index contributed by atoms with van der Waals surface area (Å²) >= 11 is 0. The molecule has 0 radical (unpaired) electrons. The van der Waals surface area contributed by atoms with E-state index in [0.717, 1.165) is 19.3 Å². The van der Waals surface area contributed by atoms with Crippen LogP contribution in [0.3, 0.4) is 0 Å². The largest absolute Gasteiger partial charge is 0.478 e. The quantitative estimate of drug-likeness (QED) is 0.159. The molecule has 0 saturated carbocycles. The molecule has 2 aromatic rings. The Morgan fingerprint density at radius 1 is 0.889 bits per heavy atom. The van der Waals surface area contributed by atoms with Gasteiger partial charge < -0.3 is 5.11 Å². The van der Waals surface area contributed by atoms with E-state index in [1.54, 1.807) is 6.07 Å². The molecule has 1 aliphatic rings. The first-order valence-corrected chi connectivity index (χ1v) is 15.1. The minimum atomic E-state index is -4.44. The van der Waals surface area contributed by atoms with Gasteiger partial charge in [-0.15, -0.1) is 0 Å². The van der Waals surface area contributed by atoms with E-state index in [1.807, 2.05) is 0 Å². The molecule has 200 valence electrons. The zero-order valence-corrected chi connectivity index (χ0v) is 22.3. The number of benzene rings is 1. The summed E-state index contributed by atoms with van der Waals surface area (Å²) in [7, 11) is -4.44. The minimum Gasteiger partial charge on any atom is -0.478 e. The second-order valence-electron chi connectivity index (χ2n) is 9.98. The van der Waals surface area contributed by atoms with Gasteiger partial charge >= 0.3 is 5.97 Å². The van der Waals surface area contributed by atoms with Gasteiger partial charge in [0.1, 0.15) is 0 Å². The van der Waals surface area contributed by atoms with Crippen molar-refractivity contribution >= 4 is 32.8 Å². The van der Waals surface area contributed by atoms with E-state index in [4.69, 9.17) is 0 Å². The second kappa shape index (κ2) is 13.9. The molecular formula is C27H41N3O5S. The molecule has 1 atom stereocenters. The van der Waals surface area contributed by atoms with Crippen LogP contribution in [0.4, 0.5) is 0 Å². The number of rotatable bonds is 18.